The summed E-state index contributed by atoms with van der Waals surface area (Å²) in [5.41, 5.74) is 2.37. The average molecular weight is 558 g/mol. The molecule has 0 radical (unpaired) electrons. The van der Waals surface area contributed by atoms with Crippen LogP contribution < -0.4 is 16.0 Å². The van der Waals surface area contributed by atoms with Crippen molar-refractivity contribution in [3.63, 3.8) is 0 Å². The average Bonchev–Trinajstić information content (AvgIpc) is 2.94. The molecule has 214 valence electrons. The van der Waals surface area contributed by atoms with Crippen molar-refractivity contribution in [2.75, 3.05) is 50.2 Å². The van der Waals surface area contributed by atoms with Gasteiger partial charge >= 0.3 is 0 Å². The molecule has 0 saturated carbocycles. The van der Waals surface area contributed by atoms with E-state index in [2.05, 4.69) is 37.8 Å². The van der Waals surface area contributed by atoms with E-state index in [-0.39, 0.29) is 17.6 Å². The van der Waals surface area contributed by atoms with E-state index in [9.17, 15) is 14.0 Å². The van der Waals surface area contributed by atoms with Crippen LogP contribution in [0.25, 0.3) is 0 Å². The van der Waals surface area contributed by atoms with Gasteiger partial charge in [0.15, 0.2) is 0 Å². The van der Waals surface area contributed by atoms with Crippen LogP contribution in [0.2, 0.25) is 0 Å². The Morgan fingerprint density at radius 3 is 2.56 bits per heavy atom. The van der Waals surface area contributed by atoms with Gasteiger partial charge in [0.05, 0.1) is 11.8 Å². The molecule has 2 amide bonds. The number of benzene rings is 2. The second-order valence-corrected chi connectivity index (χ2v) is 9.63. The normalized spacial score (nSPS) is 11.5. The maximum atomic E-state index is 13.6. The molecule has 0 unspecified atom stereocenters. The predicted molar refractivity (Wildman–Crippen MR) is 161 cm³/mol. The van der Waals surface area contributed by atoms with Crippen molar-refractivity contribution in [3.8, 4) is 11.8 Å². The number of halogens is 1. The third-order valence-corrected chi connectivity index (χ3v) is 5.92. The highest BCUT2D eigenvalue weighted by Gasteiger charge is 2.21. The first-order chi connectivity index (χ1) is 19.7. The van der Waals surface area contributed by atoms with Crippen LogP contribution in [-0.2, 0) is 9.59 Å². The number of anilines is 4. The molecule has 41 heavy (non-hydrogen) atoms. The van der Waals surface area contributed by atoms with Crippen molar-refractivity contribution in [1.82, 2.24) is 19.8 Å². The lowest BCUT2D eigenvalue weighted by molar-refractivity contribution is -0.132. The van der Waals surface area contributed by atoms with Crippen LogP contribution in [0.5, 0.6) is 0 Å². The van der Waals surface area contributed by atoms with Crippen molar-refractivity contribution < 1.29 is 14.0 Å². The van der Waals surface area contributed by atoms with Gasteiger partial charge in [-0.3, -0.25) is 9.59 Å². The largest absolute Gasteiger partial charge is 0.369 e. The molecule has 0 aliphatic rings. The molecule has 0 fully saturated rings. The number of rotatable bonds is 11. The molecule has 9 nitrogen and oxygen atoms in total. The van der Waals surface area contributed by atoms with Crippen molar-refractivity contribution in [2.45, 2.75) is 26.3 Å². The van der Waals surface area contributed by atoms with Crippen molar-refractivity contribution in [2.24, 2.45) is 0 Å². The number of nitrogens with one attached hydrogen (secondary N) is 3. The highest BCUT2D eigenvalue weighted by atomic mass is 19.1. The number of likely N-dealkylation sites (N-methyl/N-ethyl adjacent to an activating group) is 2. The number of aromatic nitrogens is 2. The first-order valence-corrected chi connectivity index (χ1v) is 13.3. The van der Waals surface area contributed by atoms with E-state index in [0.29, 0.717) is 47.4 Å². The SMILES string of the molecule is CCCNc1nc(Nc2cccc(F)c2)ncc1C#Cc1cccc(NC(=O)[C@H](C)N(C)C(=O)/C=C/CN(C)C)c1. The van der Waals surface area contributed by atoms with Crippen molar-refractivity contribution in [1.29, 1.82) is 0 Å². The Balaban J connectivity index is 1.72. The first-order valence-electron chi connectivity index (χ1n) is 13.3. The van der Waals surface area contributed by atoms with E-state index in [1.54, 1.807) is 56.6 Å². The fraction of sp³-hybridized carbons (Fsp3) is 0.290. The van der Waals surface area contributed by atoms with Crippen LogP contribution in [0, 0.1) is 17.7 Å². The summed E-state index contributed by atoms with van der Waals surface area (Å²) in [4.78, 5) is 37.4. The maximum absolute atomic E-state index is 13.6. The lowest BCUT2D eigenvalue weighted by Crippen LogP contribution is -2.42. The molecule has 3 N–H and O–H groups in total. The zero-order valence-electron chi connectivity index (χ0n) is 24.0. The molecular formula is C31H36FN7O2. The van der Waals surface area contributed by atoms with Crippen LogP contribution in [0.3, 0.4) is 0 Å². The lowest BCUT2D eigenvalue weighted by atomic mass is 10.1. The molecule has 0 bridgehead atoms. The van der Waals surface area contributed by atoms with Crippen LogP contribution in [0.4, 0.5) is 27.5 Å². The summed E-state index contributed by atoms with van der Waals surface area (Å²) in [6.07, 6.45) is 5.72. The van der Waals surface area contributed by atoms with E-state index in [1.807, 2.05) is 32.0 Å². The lowest BCUT2D eigenvalue weighted by Gasteiger charge is -2.23. The minimum atomic E-state index is -0.676. The third-order valence-electron chi connectivity index (χ3n) is 5.92. The highest BCUT2D eigenvalue weighted by molar-refractivity contribution is 5.98. The zero-order valence-corrected chi connectivity index (χ0v) is 24.0. The van der Waals surface area contributed by atoms with Gasteiger partial charge < -0.3 is 25.8 Å². The summed E-state index contributed by atoms with van der Waals surface area (Å²) in [5.74, 6) is 6.15. The van der Waals surface area contributed by atoms with E-state index in [4.69, 9.17) is 0 Å². The minimum Gasteiger partial charge on any atom is -0.369 e. The molecule has 0 aliphatic carbocycles. The minimum absolute atomic E-state index is 0.249. The molecule has 10 heteroatoms. The number of carbonyl (C=O) groups is 2. The summed E-state index contributed by atoms with van der Waals surface area (Å²) in [6.45, 7) is 5.04. The molecule has 3 rings (SSSR count). The summed E-state index contributed by atoms with van der Waals surface area (Å²) in [5, 5.41) is 9.13. The van der Waals surface area contributed by atoms with Crippen LogP contribution in [0.15, 0.2) is 66.9 Å². The van der Waals surface area contributed by atoms with E-state index < -0.39 is 6.04 Å². The number of amides is 2. The second-order valence-electron chi connectivity index (χ2n) is 9.63. The number of hydrogen-bond donors (Lipinski definition) is 3. The molecule has 1 heterocycles. The monoisotopic (exact) mass is 557 g/mol. The van der Waals surface area contributed by atoms with E-state index in [1.165, 1.54) is 23.1 Å². The van der Waals surface area contributed by atoms with Crippen LogP contribution in [0.1, 0.15) is 31.4 Å². The van der Waals surface area contributed by atoms with Crippen LogP contribution in [-0.4, -0.2) is 71.9 Å². The first kappa shape index (κ1) is 30.8. The Morgan fingerprint density at radius 1 is 1.07 bits per heavy atom. The molecule has 1 atom stereocenters. The topological polar surface area (TPSA) is 102 Å². The van der Waals surface area contributed by atoms with Gasteiger partial charge in [0, 0.05) is 43.2 Å². The van der Waals surface area contributed by atoms with Gasteiger partial charge in [-0.25, -0.2) is 9.37 Å². The standard InChI is InChI=1S/C31H36FN7O2/c1-6-17-33-29-24(21-34-31(37-29)36-27-13-8-11-25(32)20-27)16-15-23-10-7-12-26(19-23)35-30(41)22(2)39(5)28(40)14-9-18-38(3)4/h7-14,19-22H,6,17-18H2,1-5H3,(H,35,41)(H2,33,34,36,37)/b14-9+/t22-/m0/s1. The van der Waals surface area contributed by atoms with E-state index in [0.717, 1.165) is 6.42 Å². The zero-order chi connectivity index (χ0) is 29.8. The molecule has 3 aromatic rings. The molecule has 0 saturated heterocycles. The second kappa shape index (κ2) is 15.1. The van der Waals surface area contributed by atoms with Gasteiger partial charge in [-0.05, 0) is 63.8 Å². The molecule has 2 aromatic carbocycles. The van der Waals surface area contributed by atoms with Gasteiger partial charge in [0.25, 0.3) is 0 Å². The Labute approximate surface area is 240 Å². The number of carbonyl (C=O) groups excluding carboxylic acids is 2. The molecule has 0 spiro atoms. The fourth-order valence-corrected chi connectivity index (χ4v) is 3.52. The number of hydrogen-bond acceptors (Lipinski definition) is 7. The van der Waals surface area contributed by atoms with E-state index >= 15 is 0 Å². The van der Waals surface area contributed by atoms with Crippen molar-refractivity contribution >= 4 is 35.0 Å². The summed E-state index contributed by atoms with van der Waals surface area (Å²) < 4.78 is 13.6. The van der Waals surface area contributed by atoms with Gasteiger partial charge in [0.2, 0.25) is 17.8 Å². The summed E-state index contributed by atoms with van der Waals surface area (Å²) in [7, 11) is 5.42. The van der Waals surface area contributed by atoms with Gasteiger partial charge in [-0.1, -0.05) is 37.0 Å². The predicted octanol–water partition coefficient (Wildman–Crippen LogP) is 4.48. The third kappa shape index (κ3) is 9.74. The Kier molecular flexibility index (Phi) is 11.4. The van der Waals surface area contributed by atoms with Gasteiger partial charge in [-0.15, -0.1) is 0 Å². The van der Waals surface area contributed by atoms with Gasteiger partial charge in [-0.2, -0.15) is 4.98 Å². The quantitative estimate of drug-likeness (QED) is 0.236. The fourth-order valence-electron chi connectivity index (χ4n) is 3.52. The Bertz CT molecular complexity index is 1450. The smallest absolute Gasteiger partial charge is 0.246 e. The summed E-state index contributed by atoms with van der Waals surface area (Å²) in [6, 6.07) is 12.5. The highest BCUT2D eigenvalue weighted by Crippen LogP contribution is 2.18. The maximum Gasteiger partial charge on any atom is 0.246 e. The van der Waals surface area contributed by atoms with Gasteiger partial charge in [0.1, 0.15) is 17.7 Å². The molecule has 0 aliphatic heterocycles. The molecular weight excluding hydrogens is 521 g/mol. The number of nitrogens with zero attached hydrogens (tertiary/aromatic N) is 4. The summed E-state index contributed by atoms with van der Waals surface area (Å²) >= 11 is 0. The Hall–Kier alpha value is -4.75. The molecule has 1 aromatic heterocycles. The van der Waals surface area contributed by atoms with Crippen LogP contribution >= 0.6 is 0 Å². The van der Waals surface area contributed by atoms with Crippen molar-refractivity contribution in [3.05, 3.63) is 83.8 Å². The Morgan fingerprint density at radius 2 is 1.83 bits per heavy atom.